The number of rotatable bonds is 24. The highest BCUT2D eigenvalue weighted by molar-refractivity contribution is 5.32. The predicted octanol–water partition coefficient (Wildman–Crippen LogP) is 13.3. The van der Waals surface area contributed by atoms with E-state index in [4.69, 9.17) is 10.2 Å². The van der Waals surface area contributed by atoms with Gasteiger partial charge >= 0.3 is 0 Å². The fourth-order valence-corrected chi connectivity index (χ4v) is 4.84. The Morgan fingerprint density at radius 3 is 1.04 bits per heavy atom. The summed E-state index contributed by atoms with van der Waals surface area (Å²) >= 11 is 0. The van der Waals surface area contributed by atoms with E-state index in [2.05, 4.69) is 178 Å². The van der Waals surface area contributed by atoms with E-state index in [-0.39, 0.29) is 13.2 Å². The van der Waals surface area contributed by atoms with E-state index >= 15 is 0 Å². The molecular formula is C48H68O2. The minimum atomic E-state index is 0.0975. The molecule has 2 N–H and O–H groups in total. The molecule has 2 heteroatoms. The summed E-state index contributed by atoms with van der Waals surface area (Å²) in [4.78, 5) is 0. The van der Waals surface area contributed by atoms with Gasteiger partial charge in [-0.3, -0.25) is 0 Å². The summed E-state index contributed by atoms with van der Waals surface area (Å²) in [5, 5.41) is 17.9. The normalized spacial score (nSPS) is 16.2. The summed E-state index contributed by atoms with van der Waals surface area (Å²) in [6.07, 6.45) is 47.8. The number of aliphatic hydroxyl groups excluding tert-OH is 2. The number of hydrogen-bond acceptors (Lipinski definition) is 2. The van der Waals surface area contributed by atoms with Crippen LogP contribution in [0.5, 0.6) is 0 Å². The molecule has 0 aromatic rings. The Kier molecular flexibility index (Phi) is 27.5. The first-order valence-corrected chi connectivity index (χ1v) is 18.1. The molecule has 2 unspecified atom stereocenters. The van der Waals surface area contributed by atoms with Crippen molar-refractivity contribution >= 4 is 0 Å². The third kappa shape index (κ3) is 26.9. The second kappa shape index (κ2) is 29.9. The molecule has 0 aliphatic rings. The highest BCUT2D eigenvalue weighted by atomic mass is 16.3. The zero-order valence-electron chi connectivity index (χ0n) is 32.7. The van der Waals surface area contributed by atoms with Gasteiger partial charge in [0.15, 0.2) is 0 Å². The first-order valence-electron chi connectivity index (χ1n) is 18.1. The van der Waals surface area contributed by atoms with Gasteiger partial charge in [-0.2, -0.15) is 0 Å². The fourth-order valence-electron chi connectivity index (χ4n) is 4.84. The molecule has 0 rings (SSSR count). The van der Waals surface area contributed by atoms with Gasteiger partial charge < -0.3 is 10.2 Å². The molecule has 0 fully saturated rings. The van der Waals surface area contributed by atoms with E-state index in [1.165, 1.54) is 44.6 Å². The molecule has 2 atom stereocenters. The predicted molar refractivity (Wildman–Crippen MR) is 225 cm³/mol. The second-order valence-electron chi connectivity index (χ2n) is 13.4. The van der Waals surface area contributed by atoms with Crippen molar-refractivity contribution in [2.24, 2.45) is 11.8 Å². The standard InChI is InChI=1S/C48H68O2/c1-39(2)47(31-13-15-37-49)35-33-45(9)29-19-27-43(7)25-17-23-41(5)21-11-12-22-42(6)24-18-26-44(8)28-20-30-46(10)34-36-48(40(3)4)32-14-16-38-50/h11-30,47-50H,1,3,31-38H2,2,4-10H3/b12-11+,15-13+,16-14+,23-17+,24-18+,27-19+,28-20+,41-21+,42-22+,43-25+,44-26+,45-29+,46-30+. The molecule has 0 heterocycles. The number of allylic oxidation sites excluding steroid dienone is 26. The summed E-state index contributed by atoms with van der Waals surface area (Å²) in [5.74, 6) is 0.904. The molecule has 0 spiro atoms. The molecule has 0 aromatic heterocycles. The molecule has 50 heavy (non-hydrogen) atoms. The SMILES string of the molecule is C=C(C)C(C/C=C/CO)CC/C(C)=C/C=C/C(C)=C/C=C/C(C)=C/C=C/C=C(C)/C=C/C=C(C)/C=C/C=C(\C)CCC(C/C=C/CO)C(=C)C. The third-order valence-corrected chi connectivity index (χ3v) is 8.30. The topological polar surface area (TPSA) is 40.5 Å². The van der Waals surface area contributed by atoms with Gasteiger partial charge in [0.05, 0.1) is 13.2 Å². The van der Waals surface area contributed by atoms with E-state index in [9.17, 15) is 0 Å². The maximum atomic E-state index is 8.96. The van der Waals surface area contributed by atoms with Crippen LogP contribution < -0.4 is 0 Å². The molecular weight excluding hydrogens is 609 g/mol. The second-order valence-corrected chi connectivity index (χ2v) is 13.4. The quantitative estimate of drug-likeness (QED) is 0.0789. The van der Waals surface area contributed by atoms with Crippen molar-refractivity contribution in [3.8, 4) is 0 Å². The Morgan fingerprint density at radius 2 is 0.740 bits per heavy atom. The van der Waals surface area contributed by atoms with Crippen LogP contribution in [0, 0.1) is 11.8 Å². The third-order valence-electron chi connectivity index (χ3n) is 8.30. The van der Waals surface area contributed by atoms with E-state index in [1.54, 1.807) is 0 Å². The van der Waals surface area contributed by atoms with Gasteiger partial charge in [0.25, 0.3) is 0 Å². The van der Waals surface area contributed by atoms with Crippen molar-refractivity contribution in [3.05, 3.63) is 179 Å². The van der Waals surface area contributed by atoms with E-state index in [0.717, 1.165) is 38.5 Å². The Bertz CT molecular complexity index is 1310. The fraction of sp³-hybridized carbons (Fsp3) is 0.375. The van der Waals surface area contributed by atoms with Gasteiger partial charge in [-0.25, -0.2) is 0 Å². The van der Waals surface area contributed by atoms with E-state index in [1.807, 2.05) is 12.2 Å². The van der Waals surface area contributed by atoms with Crippen LogP contribution in [0.1, 0.15) is 93.9 Å². The summed E-state index contributed by atoms with van der Waals surface area (Å²) in [6, 6.07) is 0. The Labute approximate surface area is 307 Å². The van der Waals surface area contributed by atoms with Crippen LogP contribution in [0.3, 0.4) is 0 Å². The highest BCUT2D eigenvalue weighted by Gasteiger charge is 2.08. The molecule has 0 amide bonds. The van der Waals surface area contributed by atoms with Gasteiger partial charge in [0.2, 0.25) is 0 Å². The monoisotopic (exact) mass is 677 g/mol. The summed E-state index contributed by atoms with van der Waals surface area (Å²) in [6.45, 7) is 25.5. The number of aliphatic hydroxyl groups is 2. The van der Waals surface area contributed by atoms with Crippen molar-refractivity contribution in [2.75, 3.05) is 13.2 Å². The van der Waals surface area contributed by atoms with Crippen LogP contribution in [-0.4, -0.2) is 23.4 Å². The van der Waals surface area contributed by atoms with E-state index in [0.29, 0.717) is 11.8 Å². The van der Waals surface area contributed by atoms with Gasteiger partial charge in [-0.15, -0.1) is 0 Å². The van der Waals surface area contributed by atoms with Crippen LogP contribution in [0.25, 0.3) is 0 Å². The molecule has 0 aromatic carbocycles. The van der Waals surface area contributed by atoms with Crippen LogP contribution >= 0.6 is 0 Å². The Hall–Kier alpha value is -3.98. The first kappa shape index (κ1) is 46.0. The van der Waals surface area contributed by atoms with Crippen LogP contribution in [0.15, 0.2) is 179 Å². The first-order chi connectivity index (χ1) is 23.9. The van der Waals surface area contributed by atoms with Gasteiger partial charge in [0.1, 0.15) is 0 Å². The molecule has 272 valence electrons. The molecule has 0 aliphatic heterocycles. The van der Waals surface area contributed by atoms with Gasteiger partial charge in [0, 0.05) is 0 Å². The Morgan fingerprint density at radius 1 is 0.440 bits per heavy atom. The largest absolute Gasteiger partial charge is 0.392 e. The lowest BCUT2D eigenvalue weighted by Gasteiger charge is -2.15. The average Bonchev–Trinajstić information content (AvgIpc) is 3.06. The van der Waals surface area contributed by atoms with Crippen LogP contribution in [-0.2, 0) is 0 Å². The van der Waals surface area contributed by atoms with Crippen molar-refractivity contribution in [1.82, 2.24) is 0 Å². The maximum absolute atomic E-state index is 8.96. The van der Waals surface area contributed by atoms with Crippen molar-refractivity contribution in [3.63, 3.8) is 0 Å². The van der Waals surface area contributed by atoms with Crippen LogP contribution in [0.4, 0.5) is 0 Å². The van der Waals surface area contributed by atoms with E-state index < -0.39 is 0 Å². The molecule has 0 bridgehead atoms. The van der Waals surface area contributed by atoms with Gasteiger partial charge in [-0.1, -0.05) is 179 Å². The maximum Gasteiger partial charge on any atom is 0.0612 e. The highest BCUT2D eigenvalue weighted by Crippen LogP contribution is 2.23. The zero-order chi connectivity index (χ0) is 37.6. The lowest BCUT2D eigenvalue weighted by molar-refractivity contribution is 0.341. The molecule has 0 radical (unpaired) electrons. The molecule has 0 saturated heterocycles. The van der Waals surface area contributed by atoms with Crippen molar-refractivity contribution in [2.45, 2.75) is 93.9 Å². The number of hydrogen-bond donors (Lipinski definition) is 2. The Balaban J connectivity index is 4.83. The smallest absolute Gasteiger partial charge is 0.0612 e. The molecule has 0 aliphatic carbocycles. The van der Waals surface area contributed by atoms with Crippen molar-refractivity contribution < 1.29 is 10.2 Å². The van der Waals surface area contributed by atoms with Crippen molar-refractivity contribution in [1.29, 1.82) is 0 Å². The summed E-state index contributed by atoms with van der Waals surface area (Å²) in [7, 11) is 0. The summed E-state index contributed by atoms with van der Waals surface area (Å²) < 4.78 is 0. The van der Waals surface area contributed by atoms with Gasteiger partial charge in [-0.05, 0) is 106 Å². The minimum Gasteiger partial charge on any atom is -0.392 e. The lowest BCUT2D eigenvalue weighted by Crippen LogP contribution is -2.00. The molecule has 2 nitrogen and oxygen atoms in total. The van der Waals surface area contributed by atoms with Crippen LogP contribution in [0.2, 0.25) is 0 Å². The molecule has 0 saturated carbocycles. The lowest BCUT2D eigenvalue weighted by atomic mass is 9.91. The average molecular weight is 677 g/mol. The summed E-state index contributed by atoms with van der Waals surface area (Å²) in [5.41, 5.74) is 9.89. The minimum absolute atomic E-state index is 0.0975. The zero-order valence-corrected chi connectivity index (χ0v) is 32.7.